The molecule has 44 heavy (non-hydrogen) atoms. The van der Waals surface area contributed by atoms with E-state index in [0.717, 1.165) is 11.6 Å². The van der Waals surface area contributed by atoms with Crippen molar-refractivity contribution in [2.24, 2.45) is 0 Å². The molecule has 13 nitrogen and oxygen atoms in total. The molecule has 5 heterocycles. The van der Waals surface area contributed by atoms with Gasteiger partial charge in [0.2, 0.25) is 5.91 Å². The summed E-state index contributed by atoms with van der Waals surface area (Å²) >= 11 is 0. The van der Waals surface area contributed by atoms with Gasteiger partial charge in [-0.05, 0) is 44.0 Å². The van der Waals surface area contributed by atoms with Crippen LogP contribution in [0.1, 0.15) is 24.7 Å². The second-order valence-corrected chi connectivity index (χ2v) is 9.92. The van der Waals surface area contributed by atoms with E-state index >= 15 is 4.39 Å². The molecule has 5 aromatic rings. The number of methoxy groups -OCH3 is 1. The number of hydrogen-bond acceptors (Lipinski definition) is 11. The average molecular weight is 596 g/mol. The van der Waals surface area contributed by atoms with E-state index in [1.807, 2.05) is 13.0 Å². The highest BCUT2D eigenvalue weighted by Crippen LogP contribution is 2.33. The first-order chi connectivity index (χ1) is 21.3. The van der Waals surface area contributed by atoms with Crippen molar-refractivity contribution in [2.45, 2.75) is 26.3 Å². The summed E-state index contributed by atoms with van der Waals surface area (Å²) < 4.78 is 27.7. The van der Waals surface area contributed by atoms with Gasteiger partial charge >= 0.3 is 5.97 Å². The Morgan fingerprint density at radius 2 is 1.98 bits per heavy atom. The van der Waals surface area contributed by atoms with Crippen molar-refractivity contribution < 1.29 is 23.5 Å². The zero-order valence-electron chi connectivity index (χ0n) is 23.9. The van der Waals surface area contributed by atoms with E-state index in [-0.39, 0.29) is 17.6 Å². The number of aromatic nitrogens is 7. The van der Waals surface area contributed by atoms with Crippen molar-refractivity contribution in [2.75, 3.05) is 19.0 Å². The van der Waals surface area contributed by atoms with E-state index in [2.05, 4.69) is 35.1 Å². The highest BCUT2D eigenvalue weighted by molar-refractivity contribution is 5.95. The number of fused-ring (bicyclic) bond motifs is 2. The minimum absolute atomic E-state index is 0.183. The fourth-order valence-corrected chi connectivity index (χ4v) is 4.80. The van der Waals surface area contributed by atoms with Crippen LogP contribution in [0.4, 0.5) is 15.9 Å². The Kier molecular flexibility index (Phi) is 7.62. The van der Waals surface area contributed by atoms with Crippen LogP contribution in [-0.4, -0.2) is 71.0 Å². The van der Waals surface area contributed by atoms with Gasteiger partial charge in [0.1, 0.15) is 35.2 Å². The monoisotopic (exact) mass is 595 g/mol. The maximum absolute atomic E-state index is 15.6. The fraction of sp³-hybridized carbons (Fsp3) is 0.200. The number of anilines is 2. The molecule has 1 atom stereocenters. The minimum atomic E-state index is -0.601. The summed E-state index contributed by atoms with van der Waals surface area (Å²) in [5, 5.41) is 7.10. The maximum atomic E-state index is 15.6. The molecule has 0 saturated heterocycles. The van der Waals surface area contributed by atoms with Crippen molar-refractivity contribution in [1.82, 2.24) is 39.4 Å². The van der Waals surface area contributed by atoms with E-state index in [1.165, 1.54) is 25.8 Å². The molecule has 14 heteroatoms. The fourth-order valence-electron chi connectivity index (χ4n) is 4.80. The maximum Gasteiger partial charge on any atom is 0.330 e. The number of benzene rings is 1. The molecule has 6 rings (SSSR count). The lowest BCUT2D eigenvalue weighted by Crippen LogP contribution is -2.40. The summed E-state index contributed by atoms with van der Waals surface area (Å²) in [5.41, 5.74) is 2.80. The molecule has 0 unspecified atom stereocenters. The summed E-state index contributed by atoms with van der Waals surface area (Å²) in [5.74, 6) is 0.180. The lowest BCUT2D eigenvalue weighted by atomic mass is 10.0. The SMILES string of the molecule is COC(=O)/C=C/C(=O)N1CCC(c2ncc3ncnc(Nc4ccc(Oc5ccn6ncnc6c5)c(C)c4F)c3n2)=C[C@@H]1C. The number of esters is 1. The highest BCUT2D eigenvalue weighted by atomic mass is 19.1. The molecule has 4 aromatic heterocycles. The predicted octanol–water partition coefficient (Wildman–Crippen LogP) is 4.18. The van der Waals surface area contributed by atoms with Crippen LogP contribution in [-0.2, 0) is 14.3 Å². The standard InChI is InChI=1S/C30H26FN9O4/c1-17-12-19(8-10-39(17)25(41)6-7-26(42)43-3)29-32-14-22-28(38-29)30(35-15-33-22)37-21-4-5-23(18(2)27(21)31)44-20-9-11-40-24(13-20)34-16-36-40/h4-7,9,11-17H,8,10H2,1-3H3,(H,33,35,37)/b7-6+/t17-/m0/s1. The number of nitrogens with one attached hydrogen (secondary N) is 1. The Hall–Kier alpha value is -5.79. The first kappa shape index (κ1) is 28.3. The molecule has 1 aromatic carbocycles. The summed E-state index contributed by atoms with van der Waals surface area (Å²) in [6.45, 7) is 3.90. The van der Waals surface area contributed by atoms with E-state index in [4.69, 9.17) is 9.72 Å². The normalized spacial score (nSPS) is 15.0. The number of rotatable bonds is 7. The lowest BCUT2D eigenvalue weighted by molar-refractivity contribution is -0.135. The van der Waals surface area contributed by atoms with Gasteiger partial charge in [-0.1, -0.05) is 6.08 Å². The molecule has 0 fully saturated rings. The Balaban J connectivity index is 1.23. The third kappa shape index (κ3) is 5.64. The van der Waals surface area contributed by atoms with E-state index in [0.29, 0.717) is 58.4 Å². The molecule has 0 aliphatic carbocycles. The minimum Gasteiger partial charge on any atom is -0.466 e. The van der Waals surface area contributed by atoms with Gasteiger partial charge in [-0.15, -0.1) is 0 Å². The zero-order valence-corrected chi connectivity index (χ0v) is 23.9. The number of pyridine rings is 1. The second kappa shape index (κ2) is 11.8. The zero-order chi connectivity index (χ0) is 30.8. The summed E-state index contributed by atoms with van der Waals surface area (Å²) in [7, 11) is 1.25. The van der Waals surface area contributed by atoms with Gasteiger partial charge in [-0.3, -0.25) is 4.79 Å². The quantitative estimate of drug-likeness (QED) is 0.213. The summed E-state index contributed by atoms with van der Waals surface area (Å²) in [4.78, 5) is 47.5. The molecule has 0 saturated carbocycles. The van der Waals surface area contributed by atoms with Gasteiger partial charge in [0.15, 0.2) is 23.1 Å². The van der Waals surface area contributed by atoms with Crippen molar-refractivity contribution in [3.8, 4) is 11.5 Å². The van der Waals surface area contributed by atoms with E-state index < -0.39 is 11.8 Å². The van der Waals surface area contributed by atoms with Crippen molar-refractivity contribution in [3.05, 3.63) is 84.7 Å². The number of carbonyl (C=O) groups excluding carboxylic acids is 2. The Bertz CT molecular complexity index is 1970. The second-order valence-electron chi connectivity index (χ2n) is 9.92. The van der Waals surface area contributed by atoms with Crippen molar-refractivity contribution in [1.29, 1.82) is 0 Å². The van der Waals surface area contributed by atoms with Crippen LogP contribution in [0.25, 0.3) is 22.3 Å². The van der Waals surface area contributed by atoms with Gasteiger partial charge < -0.3 is 19.7 Å². The molecule has 0 spiro atoms. The topological polar surface area (TPSA) is 150 Å². The number of amides is 1. The van der Waals surface area contributed by atoms with Gasteiger partial charge in [0.25, 0.3) is 0 Å². The van der Waals surface area contributed by atoms with Crippen LogP contribution in [0.2, 0.25) is 0 Å². The number of ether oxygens (including phenoxy) is 2. The van der Waals surface area contributed by atoms with Crippen LogP contribution < -0.4 is 10.1 Å². The lowest BCUT2D eigenvalue weighted by Gasteiger charge is -2.31. The molecule has 222 valence electrons. The molecular weight excluding hydrogens is 569 g/mol. The first-order valence-corrected chi connectivity index (χ1v) is 13.6. The van der Waals surface area contributed by atoms with Crippen molar-refractivity contribution >= 4 is 45.6 Å². The number of halogens is 1. The molecule has 0 bridgehead atoms. The number of nitrogens with zero attached hydrogens (tertiary/aromatic N) is 8. The van der Waals surface area contributed by atoms with Gasteiger partial charge in [0, 0.05) is 42.6 Å². The van der Waals surface area contributed by atoms with E-state index in [9.17, 15) is 9.59 Å². The van der Waals surface area contributed by atoms with Crippen molar-refractivity contribution in [3.63, 3.8) is 0 Å². The Morgan fingerprint density at radius 1 is 1.11 bits per heavy atom. The van der Waals surface area contributed by atoms with Gasteiger partial charge in [-0.2, -0.15) is 5.10 Å². The highest BCUT2D eigenvalue weighted by Gasteiger charge is 2.24. The molecule has 1 aliphatic rings. The average Bonchev–Trinajstić information content (AvgIpc) is 3.51. The Labute approximate surface area is 250 Å². The third-order valence-electron chi connectivity index (χ3n) is 7.14. The largest absolute Gasteiger partial charge is 0.466 e. The molecule has 1 aliphatic heterocycles. The number of carbonyl (C=O) groups is 2. The van der Waals surface area contributed by atoms with Crippen LogP contribution >= 0.6 is 0 Å². The first-order valence-electron chi connectivity index (χ1n) is 13.6. The third-order valence-corrected chi connectivity index (χ3v) is 7.14. The summed E-state index contributed by atoms with van der Waals surface area (Å²) in [6, 6.07) is 6.39. The van der Waals surface area contributed by atoms with Crippen LogP contribution in [0.5, 0.6) is 11.5 Å². The smallest absolute Gasteiger partial charge is 0.330 e. The summed E-state index contributed by atoms with van der Waals surface area (Å²) in [6.07, 6.45) is 10.8. The Morgan fingerprint density at radius 3 is 2.80 bits per heavy atom. The van der Waals surface area contributed by atoms with Crippen LogP contribution in [0.15, 0.2) is 67.5 Å². The van der Waals surface area contributed by atoms with Gasteiger partial charge in [0.05, 0.1) is 19.0 Å². The van der Waals surface area contributed by atoms with Crippen LogP contribution in [0.3, 0.4) is 0 Å². The predicted molar refractivity (Wildman–Crippen MR) is 158 cm³/mol. The molecule has 1 amide bonds. The molecular formula is C30H26FN9O4. The molecule has 1 N–H and O–H groups in total. The number of hydrogen-bond donors (Lipinski definition) is 1. The van der Waals surface area contributed by atoms with E-state index in [1.54, 1.807) is 53.0 Å². The van der Waals surface area contributed by atoms with Crippen LogP contribution in [0, 0.1) is 12.7 Å². The van der Waals surface area contributed by atoms with Gasteiger partial charge in [-0.25, -0.2) is 38.6 Å². The molecule has 0 radical (unpaired) electrons.